The number of halogens is 1. The maximum Gasteiger partial charge on any atom is 0.256 e. The van der Waals surface area contributed by atoms with Gasteiger partial charge in [0.25, 0.3) is 5.91 Å². The van der Waals surface area contributed by atoms with Crippen LogP contribution in [-0.4, -0.2) is 23.9 Å². The maximum atomic E-state index is 13.8. The minimum Gasteiger partial charge on any atom is -0.338 e. The molecule has 1 unspecified atom stereocenters. The molecule has 2 aromatic carbocycles. The average Bonchev–Trinajstić information content (AvgIpc) is 3.00. The van der Waals surface area contributed by atoms with Gasteiger partial charge in [-0.3, -0.25) is 4.79 Å². The van der Waals surface area contributed by atoms with Crippen molar-refractivity contribution in [2.24, 2.45) is 0 Å². The first kappa shape index (κ1) is 13.8. The molecule has 1 fully saturated rings. The number of hydrogen-bond acceptors (Lipinski definition) is 1. The van der Waals surface area contributed by atoms with Crippen molar-refractivity contribution in [3.8, 4) is 0 Å². The van der Waals surface area contributed by atoms with E-state index in [1.165, 1.54) is 11.6 Å². The summed E-state index contributed by atoms with van der Waals surface area (Å²) in [6, 6.07) is 14.9. The van der Waals surface area contributed by atoms with Crippen LogP contribution in [0.3, 0.4) is 0 Å². The van der Waals surface area contributed by atoms with E-state index < -0.39 is 5.82 Å². The van der Waals surface area contributed by atoms with Gasteiger partial charge in [0, 0.05) is 19.0 Å². The van der Waals surface area contributed by atoms with E-state index in [2.05, 4.69) is 12.1 Å². The van der Waals surface area contributed by atoms with E-state index in [9.17, 15) is 9.18 Å². The van der Waals surface area contributed by atoms with Crippen molar-refractivity contribution in [2.75, 3.05) is 13.1 Å². The Bertz CT molecular complexity index is 654. The van der Waals surface area contributed by atoms with Crippen LogP contribution in [0.4, 0.5) is 4.39 Å². The lowest BCUT2D eigenvalue weighted by Gasteiger charge is -2.17. The highest BCUT2D eigenvalue weighted by molar-refractivity contribution is 5.95. The number of rotatable bonds is 2. The molecule has 0 aliphatic carbocycles. The molecule has 0 radical (unpaired) electrons. The van der Waals surface area contributed by atoms with Gasteiger partial charge in [0.05, 0.1) is 5.56 Å². The number of amides is 1. The lowest BCUT2D eigenvalue weighted by atomic mass is 9.99. The number of carbonyl (C=O) groups excluding carboxylic acids is 1. The SMILES string of the molecule is Cc1ccc(F)c(C(=O)N2CCC(c3ccccc3)C2)c1. The predicted molar refractivity (Wildman–Crippen MR) is 80.8 cm³/mol. The number of carbonyl (C=O) groups is 1. The summed E-state index contributed by atoms with van der Waals surface area (Å²) in [6.07, 6.45) is 0.934. The Kier molecular flexibility index (Phi) is 3.74. The molecule has 3 rings (SSSR count). The molecule has 0 saturated carbocycles. The molecule has 3 heteroatoms. The van der Waals surface area contributed by atoms with Crippen molar-refractivity contribution in [3.63, 3.8) is 0 Å². The van der Waals surface area contributed by atoms with E-state index in [0.29, 0.717) is 19.0 Å². The molecule has 21 heavy (non-hydrogen) atoms. The van der Waals surface area contributed by atoms with Crippen molar-refractivity contribution in [1.82, 2.24) is 4.90 Å². The van der Waals surface area contributed by atoms with Gasteiger partial charge in [0.2, 0.25) is 0 Å². The molecule has 2 aromatic rings. The first-order chi connectivity index (χ1) is 10.1. The summed E-state index contributed by atoms with van der Waals surface area (Å²) in [4.78, 5) is 14.2. The fraction of sp³-hybridized carbons (Fsp3) is 0.278. The summed E-state index contributed by atoms with van der Waals surface area (Å²) < 4.78 is 13.8. The van der Waals surface area contributed by atoms with Crippen LogP contribution in [0, 0.1) is 12.7 Å². The zero-order chi connectivity index (χ0) is 14.8. The topological polar surface area (TPSA) is 20.3 Å². The number of nitrogens with zero attached hydrogens (tertiary/aromatic N) is 1. The molecule has 1 aliphatic heterocycles. The third-order valence-corrected chi connectivity index (χ3v) is 4.10. The molecule has 1 atom stereocenters. The molecular weight excluding hydrogens is 265 g/mol. The summed E-state index contributed by atoms with van der Waals surface area (Å²) >= 11 is 0. The minimum absolute atomic E-state index is 0.184. The van der Waals surface area contributed by atoms with Crippen LogP contribution < -0.4 is 0 Å². The first-order valence-electron chi connectivity index (χ1n) is 7.25. The van der Waals surface area contributed by atoms with Crippen molar-refractivity contribution >= 4 is 5.91 Å². The highest BCUT2D eigenvalue weighted by Gasteiger charge is 2.29. The van der Waals surface area contributed by atoms with E-state index in [0.717, 1.165) is 12.0 Å². The Labute approximate surface area is 124 Å². The summed E-state index contributed by atoms with van der Waals surface area (Å²) in [5.41, 5.74) is 2.33. The zero-order valence-corrected chi connectivity index (χ0v) is 12.1. The van der Waals surface area contributed by atoms with Crippen LogP contribution in [0.5, 0.6) is 0 Å². The zero-order valence-electron chi connectivity index (χ0n) is 12.1. The van der Waals surface area contributed by atoms with E-state index in [1.54, 1.807) is 17.0 Å². The number of hydrogen-bond donors (Lipinski definition) is 0. The largest absolute Gasteiger partial charge is 0.338 e. The van der Waals surface area contributed by atoms with Crippen molar-refractivity contribution in [3.05, 3.63) is 71.0 Å². The van der Waals surface area contributed by atoms with Gasteiger partial charge in [-0.15, -0.1) is 0 Å². The third kappa shape index (κ3) is 2.82. The normalized spacial score (nSPS) is 18.0. The molecule has 0 aromatic heterocycles. The predicted octanol–water partition coefficient (Wildman–Crippen LogP) is 3.76. The molecular formula is C18H18FNO. The van der Waals surface area contributed by atoms with E-state index in [1.807, 2.05) is 25.1 Å². The van der Waals surface area contributed by atoms with Gasteiger partial charge < -0.3 is 4.90 Å². The van der Waals surface area contributed by atoms with E-state index in [4.69, 9.17) is 0 Å². The van der Waals surface area contributed by atoms with Gasteiger partial charge in [0.15, 0.2) is 0 Å². The Morgan fingerprint density at radius 1 is 1.19 bits per heavy atom. The fourth-order valence-corrected chi connectivity index (χ4v) is 2.92. The summed E-state index contributed by atoms with van der Waals surface area (Å²) in [6.45, 7) is 3.22. The molecule has 1 saturated heterocycles. The third-order valence-electron chi connectivity index (χ3n) is 4.10. The summed E-state index contributed by atoms with van der Waals surface area (Å²) in [5.74, 6) is -0.286. The summed E-state index contributed by atoms with van der Waals surface area (Å²) in [5, 5.41) is 0. The Hall–Kier alpha value is -2.16. The lowest BCUT2D eigenvalue weighted by Crippen LogP contribution is -2.29. The second kappa shape index (κ2) is 5.68. The van der Waals surface area contributed by atoms with Gasteiger partial charge in [-0.1, -0.05) is 42.0 Å². The van der Waals surface area contributed by atoms with E-state index >= 15 is 0 Å². The second-order valence-corrected chi connectivity index (χ2v) is 5.63. The molecule has 1 amide bonds. The maximum absolute atomic E-state index is 13.8. The van der Waals surface area contributed by atoms with E-state index in [-0.39, 0.29) is 11.5 Å². The van der Waals surface area contributed by atoms with Crippen molar-refractivity contribution < 1.29 is 9.18 Å². The Morgan fingerprint density at radius 3 is 2.71 bits per heavy atom. The van der Waals surface area contributed by atoms with Gasteiger partial charge in [0.1, 0.15) is 5.82 Å². The smallest absolute Gasteiger partial charge is 0.256 e. The van der Waals surface area contributed by atoms with Gasteiger partial charge >= 0.3 is 0 Å². The van der Waals surface area contributed by atoms with Crippen LogP contribution in [0.2, 0.25) is 0 Å². The summed E-state index contributed by atoms with van der Waals surface area (Å²) in [7, 11) is 0. The molecule has 1 aliphatic rings. The standard InChI is InChI=1S/C18H18FNO/c1-13-7-8-17(19)16(11-13)18(21)20-10-9-15(12-20)14-5-3-2-4-6-14/h2-8,11,15H,9-10,12H2,1H3. The number of likely N-dealkylation sites (tertiary alicyclic amines) is 1. The Morgan fingerprint density at radius 2 is 1.95 bits per heavy atom. The van der Waals surface area contributed by atoms with Crippen LogP contribution in [0.15, 0.2) is 48.5 Å². The highest BCUT2D eigenvalue weighted by atomic mass is 19.1. The van der Waals surface area contributed by atoms with Gasteiger partial charge in [-0.25, -0.2) is 4.39 Å². The monoisotopic (exact) mass is 283 g/mol. The van der Waals surface area contributed by atoms with Crippen molar-refractivity contribution in [2.45, 2.75) is 19.3 Å². The van der Waals surface area contributed by atoms with Gasteiger partial charge in [-0.05, 0) is 31.0 Å². The minimum atomic E-state index is -0.436. The molecule has 108 valence electrons. The van der Waals surface area contributed by atoms with Crippen LogP contribution in [0.25, 0.3) is 0 Å². The number of benzene rings is 2. The van der Waals surface area contributed by atoms with Crippen LogP contribution >= 0.6 is 0 Å². The van der Waals surface area contributed by atoms with Gasteiger partial charge in [-0.2, -0.15) is 0 Å². The fourth-order valence-electron chi connectivity index (χ4n) is 2.92. The second-order valence-electron chi connectivity index (χ2n) is 5.63. The molecule has 0 spiro atoms. The quantitative estimate of drug-likeness (QED) is 0.821. The molecule has 2 nitrogen and oxygen atoms in total. The Balaban J connectivity index is 1.77. The lowest BCUT2D eigenvalue weighted by molar-refractivity contribution is 0.0786. The van der Waals surface area contributed by atoms with Crippen LogP contribution in [0.1, 0.15) is 33.8 Å². The molecule has 1 heterocycles. The molecule has 0 bridgehead atoms. The van der Waals surface area contributed by atoms with Crippen molar-refractivity contribution in [1.29, 1.82) is 0 Å². The highest BCUT2D eigenvalue weighted by Crippen LogP contribution is 2.28. The average molecular weight is 283 g/mol. The molecule has 0 N–H and O–H groups in total. The first-order valence-corrected chi connectivity index (χ1v) is 7.25. The number of aryl methyl sites for hydroxylation is 1. The van der Waals surface area contributed by atoms with Crippen LogP contribution in [-0.2, 0) is 0 Å².